The zero-order valence-electron chi connectivity index (χ0n) is 12.7. The van der Waals surface area contributed by atoms with Crippen LogP contribution in [0.2, 0.25) is 0 Å². The number of benzene rings is 1. The lowest BCUT2D eigenvalue weighted by molar-refractivity contribution is -0.145. The maximum absolute atomic E-state index is 12.0. The van der Waals surface area contributed by atoms with Crippen molar-refractivity contribution in [3.8, 4) is 0 Å². The number of nitrogens with one attached hydrogen (secondary N) is 1. The van der Waals surface area contributed by atoms with Gasteiger partial charge in [-0.1, -0.05) is 24.6 Å². The fourth-order valence-corrected chi connectivity index (χ4v) is 2.60. The molecular formula is C16H22N2O3. The number of anilines is 1. The van der Waals surface area contributed by atoms with Gasteiger partial charge in [0.15, 0.2) is 0 Å². The summed E-state index contributed by atoms with van der Waals surface area (Å²) in [5.41, 5.74) is 3.05. The quantitative estimate of drug-likeness (QED) is 0.869. The molecule has 0 aromatic heterocycles. The maximum atomic E-state index is 12.0. The molecule has 1 aromatic carbocycles. The number of carbonyl (C=O) groups is 2. The molecule has 114 valence electrons. The molecule has 1 amide bonds. The van der Waals surface area contributed by atoms with Gasteiger partial charge in [-0.05, 0) is 31.4 Å². The van der Waals surface area contributed by atoms with E-state index in [4.69, 9.17) is 5.11 Å². The van der Waals surface area contributed by atoms with Crippen molar-refractivity contribution >= 4 is 17.6 Å². The van der Waals surface area contributed by atoms with Crippen LogP contribution in [0.15, 0.2) is 18.2 Å². The summed E-state index contributed by atoms with van der Waals surface area (Å²) in [5.74, 6) is -1.01. The Balaban J connectivity index is 1.80. The summed E-state index contributed by atoms with van der Waals surface area (Å²) in [5, 5.41) is 11.8. The fourth-order valence-electron chi connectivity index (χ4n) is 2.60. The van der Waals surface area contributed by atoms with E-state index in [1.165, 1.54) is 5.56 Å². The first-order chi connectivity index (χ1) is 9.86. The normalized spacial score (nSPS) is 17.1. The van der Waals surface area contributed by atoms with Gasteiger partial charge in [-0.25, -0.2) is 0 Å². The van der Waals surface area contributed by atoms with Gasteiger partial charge in [0.25, 0.3) is 0 Å². The Morgan fingerprint density at radius 1 is 1.38 bits per heavy atom. The molecule has 1 unspecified atom stereocenters. The van der Waals surface area contributed by atoms with E-state index >= 15 is 0 Å². The number of aliphatic carboxylic acids is 1. The number of carboxylic acid groups (broad SMARTS) is 1. The molecule has 1 atom stereocenters. The minimum atomic E-state index is -0.764. The molecule has 0 radical (unpaired) electrons. The van der Waals surface area contributed by atoms with E-state index in [-0.39, 0.29) is 17.7 Å². The SMILES string of the molecule is Cc1ccc(NC(=O)CN2CC(C(C)C(=O)O)C2)c(C)c1. The van der Waals surface area contributed by atoms with E-state index in [1.54, 1.807) is 6.92 Å². The van der Waals surface area contributed by atoms with Gasteiger partial charge < -0.3 is 10.4 Å². The topological polar surface area (TPSA) is 69.6 Å². The van der Waals surface area contributed by atoms with Crippen molar-refractivity contribution in [3.63, 3.8) is 0 Å². The minimum absolute atomic E-state index is 0.0524. The first-order valence-electron chi connectivity index (χ1n) is 7.19. The number of hydrogen-bond donors (Lipinski definition) is 2. The number of carbonyl (C=O) groups excluding carboxylic acids is 1. The zero-order valence-corrected chi connectivity index (χ0v) is 12.7. The van der Waals surface area contributed by atoms with Crippen LogP contribution in [-0.4, -0.2) is 41.5 Å². The van der Waals surface area contributed by atoms with E-state index in [0.717, 1.165) is 11.3 Å². The highest BCUT2D eigenvalue weighted by molar-refractivity contribution is 5.93. The summed E-state index contributed by atoms with van der Waals surface area (Å²) >= 11 is 0. The van der Waals surface area contributed by atoms with Crippen LogP contribution in [0.3, 0.4) is 0 Å². The van der Waals surface area contributed by atoms with Crippen LogP contribution in [0.4, 0.5) is 5.69 Å². The summed E-state index contributed by atoms with van der Waals surface area (Å²) in [6, 6.07) is 5.91. The lowest BCUT2D eigenvalue weighted by Crippen LogP contribution is -2.53. The van der Waals surface area contributed by atoms with Gasteiger partial charge in [0.2, 0.25) is 5.91 Å². The summed E-state index contributed by atoms with van der Waals surface area (Å²) < 4.78 is 0. The third-order valence-electron chi connectivity index (χ3n) is 4.11. The van der Waals surface area contributed by atoms with E-state index in [9.17, 15) is 9.59 Å². The van der Waals surface area contributed by atoms with E-state index in [1.807, 2.05) is 36.9 Å². The number of nitrogens with zero attached hydrogens (tertiary/aromatic N) is 1. The molecule has 0 aliphatic carbocycles. The Labute approximate surface area is 125 Å². The number of carboxylic acids is 1. The molecule has 1 aliphatic rings. The van der Waals surface area contributed by atoms with Crippen LogP contribution in [0.5, 0.6) is 0 Å². The number of amides is 1. The molecule has 0 bridgehead atoms. The van der Waals surface area contributed by atoms with Crippen molar-refractivity contribution in [2.24, 2.45) is 11.8 Å². The fraction of sp³-hybridized carbons (Fsp3) is 0.500. The van der Waals surface area contributed by atoms with Crippen molar-refractivity contribution in [1.82, 2.24) is 4.90 Å². The molecule has 5 heteroatoms. The van der Waals surface area contributed by atoms with Gasteiger partial charge in [-0.3, -0.25) is 14.5 Å². The molecule has 2 N–H and O–H groups in total. The van der Waals surface area contributed by atoms with Crippen molar-refractivity contribution in [3.05, 3.63) is 29.3 Å². The van der Waals surface area contributed by atoms with Crippen LogP contribution in [0.1, 0.15) is 18.1 Å². The van der Waals surface area contributed by atoms with Crippen molar-refractivity contribution in [1.29, 1.82) is 0 Å². The highest BCUT2D eigenvalue weighted by Gasteiger charge is 2.35. The first-order valence-corrected chi connectivity index (χ1v) is 7.19. The Kier molecular flexibility index (Phi) is 4.63. The second-order valence-corrected chi connectivity index (χ2v) is 5.95. The average Bonchev–Trinajstić information content (AvgIpc) is 2.36. The predicted octanol–water partition coefficient (Wildman–Crippen LogP) is 1.89. The Bertz CT molecular complexity index is 550. The largest absolute Gasteiger partial charge is 0.481 e. The average molecular weight is 290 g/mol. The van der Waals surface area contributed by atoms with E-state index in [0.29, 0.717) is 19.6 Å². The lowest BCUT2D eigenvalue weighted by atomic mass is 9.87. The monoisotopic (exact) mass is 290 g/mol. The highest BCUT2D eigenvalue weighted by Crippen LogP contribution is 2.24. The number of aryl methyl sites for hydroxylation is 2. The Morgan fingerprint density at radius 3 is 2.62 bits per heavy atom. The van der Waals surface area contributed by atoms with Crippen LogP contribution in [0.25, 0.3) is 0 Å². The summed E-state index contributed by atoms with van der Waals surface area (Å²) in [4.78, 5) is 24.8. The molecule has 1 fully saturated rings. The van der Waals surface area contributed by atoms with E-state index < -0.39 is 5.97 Å². The number of likely N-dealkylation sites (tertiary alicyclic amines) is 1. The summed E-state index contributed by atoms with van der Waals surface area (Å²) in [6.07, 6.45) is 0. The van der Waals surface area contributed by atoms with Crippen molar-refractivity contribution in [2.45, 2.75) is 20.8 Å². The van der Waals surface area contributed by atoms with Crippen molar-refractivity contribution in [2.75, 3.05) is 25.0 Å². The molecule has 1 aliphatic heterocycles. The van der Waals surface area contributed by atoms with E-state index in [2.05, 4.69) is 5.32 Å². The lowest BCUT2D eigenvalue weighted by Gasteiger charge is -2.40. The molecule has 1 saturated heterocycles. The predicted molar refractivity (Wildman–Crippen MR) is 81.3 cm³/mol. The third kappa shape index (κ3) is 3.82. The molecule has 5 nitrogen and oxygen atoms in total. The standard InChI is InChI=1S/C16H22N2O3/c1-10-4-5-14(11(2)6-10)17-15(19)9-18-7-13(8-18)12(3)16(20)21/h4-6,12-13H,7-9H2,1-3H3,(H,17,19)(H,20,21). The van der Waals surface area contributed by atoms with Gasteiger partial charge in [0, 0.05) is 18.8 Å². The van der Waals surface area contributed by atoms with Crippen LogP contribution < -0.4 is 5.32 Å². The summed E-state index contributed by atoms with van der Waals surface area (Å²) in [7, 11) is 0. The number of rotatable bonds is 5. The first kappa shape index (κ1) is 15.5. The number of hydrogen-bond acceptors (Lipinski definition) is 3. The molecule has 21 heavy (non-hydrogen) atoms. The van der Waals surface area contributed by atoms with Crippen LogP contribution in [0, 0.1) is 25.7 Å². The molecule has 0 saturated carbocycles. The van der Waals surface area contributed by atoms with Gasteiger partial charge >= 0.3 is 5.97 Å². The van der Waals surface area contributed by atoms with Crippen LogP contribution in [-0.2, 0) is 9.59 Å². The molecule has 0 spiro atoms. The maximum Gasteiger partial charge on any atom is 0.306 e. The zero-order chi connectivity index (χ0) is 15.6. The van der Waals surface area contributed by atoms with Crippen LogP contribution >= 0.6 is 0 Å². The Hall–Kier alpha value is -1.88. The van der Waals surface area contributed by atoms with Gasteiger partial charge in [-0.15, -0.1) is 0 Å². The Morgan fingerprint density at radius 2 is 2.05 bits per heavy atom. The van der Waals surface area contributed by atoms with Crippen molar-refractivity contribution < 1.29 is 14.7 Å². The second-order valence-electron chi connectivity index (χ2n) is 5.95. The molecular weight excluding hydrogens is 268 g/mol. The third-order valence-corrected chi connectivity index (χ3v) is 4.11. The minimum Gasteiger partial charge on any atom is -0.481 e. The van der Waals surface area contributed by atoms with Gasteiger partial charge in [0.05, 0.1) is 12.5 Å². The molecule has 1 heterocycles. The van der Waals surface area contributed by atoms with Gasteiger partial charge in [-0.2, -0.15) is 0 Å². The second kappa shape index (κ2) is 6.26. The van der Waals surface area contributed by atoms with Gasteiger partial charge in [0.1, 0.15) is 0 Å². The molecule has 1 aromatic rings. The molecule has 2 rings (SSSR count). The summed E-state index contributed by atoms with van der Waals surface area (Å²) in [6.45, 7) is 7.37. The highest BCUT2D eigenvalue weighted by atomic mass is 16.4. The smallest absolute Gasteiger partial charge is 0.306 e.